The Labute approximate surface area is 244 Å². The third-order valence-corrected chi connectivity index (χ3v) is 8.61. The van der Waals surface area contributed by atoms with Crippen LogP contribution >= 0.6 is 22.7 Å². The van der Waals surface area contributed by atoms with E-state index in [-0.39, 0.29) is 27.9 Å². The van der Waals surface area contributed by atoms with E-state index in [1.165, 1.54) is 22.3 Å². The summed E-state index contributed by atoms with van der Waals surface area (Å²) in [5, 5.41) is 13.3. The molecule has 0 spiro atoms. The number of ketones is 1. The highest BCUT2D eigenvalue weighted by atomic mass is 32.1. The van der Waals surface area contributed by atoms with Crippen molar-refractivity contribution in [1.29, 1.82) is 0 Å². The van der Waals surface area contributed by atoms with Crippen molar-refractivity contribution in [3.63, 3.8) is 0 Å². The lowest BCUT2D eigenvalue weighted by atomic mass is 10.00. The minimum absolute atomic E-state index is 0.0287. The summed E-state index contributed by atoms with van der Waals surface area (Å²) in [4.78, 5) is 45.8. The average Bonchev–Trinajstić information content (AvgIpc) is 3.70. The van der Waals surface area contributed by atoms with E-state index in [9.17, 15) is 19.5 Å². The number of carbonyl (C=O) groups excluding carboxylic acids is 3. The molecule has 41 heavy (non-hydrogen) atoms. The van der Waals surface area contributed by atoms with Crippen molar-refractivity contribution in [1.82, 2.24) is 4.98 Å². The molecule has 1 unspecified atom stereocenters. The van der Waals surface area contributed by atoms with Gasteiger partial charge in [0, 0.05) is 10.4 Å². The predicted octanol–water partition coefficient (Wildman–Crippen LogP) is 6.37. The normalized spacial score (nSPS) is 16.1. The fraction of sp³-hybridized carbons (Fsp3) is 0.161. The second kappa shape index (κ2) is 11.9. The van der Waals surface area contributed by atoms with Gasteiger partial charge in [-0.15, -0.1) is 11.3 Å². The number of nitrogens with zero attached hydrogens (tertiary/aromatic N) is 2. The molecule has 1 aliphatic rings. The SMILES string of the molecule is C=CCOC(=O)c1sc(N2C(=O)C(=O)C(=C(O)c3ccc(OCc4ccccc4C)cc3)C2c2cccs2)nc1C. The van der Waals surface area contributed by atoms with E-state index in [2.05, 4.69) is 11.6 Å². The molecular weight excluding hydrogens is 560 g/mol. The molecule has 208 valence electrons. The van der Waals surface area contributed by atoms with E-state index < -0.39 is 23.7 Å². The molecule has 3 heterocycles. The van der Waals surface area contributed by atoms with Crippen LogP contribution in [0.15, 0.2) is 84.3 Å². The van der Waals surface area contributed by atoms with E-state index in [0.717, 1.165) is 22.5 Å². The summed E-state index contributed by atoms with van der Waals surface area (Å²) in [6.07, 6.45) is 1.45. The predicted molar refractivity (Wildman–Crippen MR) is 158 cm³/mol. The number of Topliss-reactive ketones (excluding diaryl/α,β-unsaturated/α-hetero) is 1. The summed E-state index contributed by atoms with van der Waals surface area (Å²) >= 11 is 2.29. The molecule has 0 bridgehead atoms. The van der Waals surface area contributed by atoms with Crippen molar-refractivity contribution in [2.24, 2.45) is 0 Å². The molecule has 1 aliphatic heterocycles. The largest absolute Gasteiger partial charge is 0.507 e. The molecule has 0 radical (unpaired) electrons. The molecule has 10 heteroatoms. The number of hydrogen-bond acceptors (Lipinski definition) is 9. The number of amides is 1. The topological polar surface area (TPSA) is 106 Å². The molecule has 8 nitrogen and oxygen atoms in total. The van der Waals surface area contributed by atoms with Crippen molar-refractivity contribution in [3.05, 3.63) is 116 Å². The van der Waals surface area contributed by atoms with Crippen LogP contribution in [0.25, 0.3) is 5.76 Å². The Morgan fingerprint density at radius 2 is 1.85 bits per heavy atom. The number of aromatic nitrogens is 1. The van der Waals surface area contributed by atoms with Crippen LogP contribution in [0.3, 0.4) is 0 Å². The fourth-order valence-corrected chi connectivity index (χ4v) is 6.23. The molecule has 1 amide bonds. The van der Waals surface area contributed by atoms with E-state index in [0.29, 0.717) is 28.5 Å². The van der Waals surface area contributed by atoms with Gasteiger partial charge < -0.3 is 14.6 Å². The lowest BCUT2D eigenvalue weighted by Gasteiger charge is -2.21. The monoisotopic (exact) mass is 586 g/mol. The smallest absolute Gasteiger partial charge is 0.350 e. The van der Waals surface area contributed by atoms with Crippen LogP contribution in [0.1, 0.15) is 43.0 Å². The van der Waals surface area contributed by atoms with E-state index in [4.69, 9.17) is 9.47 Å². The van der Waals surface area contributed by atoms with Crippen LogP contribution in [0.2, 0.25) is 0 Å². The summed E-state index contributed by atoms with van der Waals surface area (Å²) in [6, 6.07) is 17.3. The summed E-state index contributed by atoms with van der Waals surface area (Å²) in [5.74, 6) is -2.00. The van der Waals surface area contributed by atoms with E-state index >= 15 is 0 Å². The lowest BCUT2D eigenvalue weighted by molar-refractivity contribution is -0.132. The first kappa shape index (κ1) is 28.0. The molecule has 0 saturated carbocycles. The Kier molecular flexibility index (Phi) is 8.14. The summed E-state index contributed by atoms with van der Waals surface area (Å²) in [5.41, 5.74) is 2.85. The van der Waals surface area contributed by atoms with Gasteiger partial charge in [-0.05, 0) is 60.7 Å². The number of esters is 1. The van der Waals surface area contributed by atoms with E-state index in [1.807, 2.05) is 36.6 Å². The van der Waals surface area contributed by atoms with Gasteiger partial charge in [-0.1, -0.05) is 54.3 Å². The molecule has 2 aromatic carbocycles. The molecule has 1 atom stereocenters. The van der Waals surface area contributed by atoms with Crippen LogP contribution in [-0.2, 0) is 20.9 Å². The molecule has 0 aliphatic carbocycles. The van der Waals surface area contributed by atoms with Gasteiger partial charge in [-0.25, -0.2) is 9.78 Å². The second-order valence-corrected chi connectivity index (χ2v) is 11.2. The minimum Gasteiger partial charge on any atom is -0.507 e. The summed E-state index contributed by atoms with van der Waals surface area (Å²) in [6.45, 7) is 7.60. The van der Waals surface area contributed by atoms with Crippen molar-refractivity contribution < 1.29 is 29.0 Å². The Bertz CT molecular complexity index is 1650. The molecule has 1 fully saturated rings. The molecule has 4 aromatic rings. The Morgan fingerprint density at radius 3 is 2.54 bits per heavy atom. The second-order valence-electron chi connectivity index (χ2n) is 9.22. The number of aryl methyl sites for hydroxylation is 2. The van der Waals surface area contributed by atoms with Crippen LogP contribution in [-0.4, -0.2) is 34.4 Å². The van der Waals surface area contributed by atoms with Crippen molar-refractivity contribution in [2.75, 3.05) is 11.5 Å². The number of benzene rings is 2. The Morgan fingerprint density at radius 1 is 1.10 bits per heavy atom. The maximum atomic E-state index is 13.4. The minimum atomic E-state index is -0.922. The summed E-state index contributed by atoms with van der Waals surface area (Å²) in [7, 11) is 0. The molecule has 1 N–H and O–H groups in total. The van der Waals surface area contributed by atoms with Gasteiger partial charge in [-0.3, -0.25) is 14.5 Å². The van der Waals surface area contributed by atoms with Crippen LogP contribution < -0.4 is 9.64 Å². The number of ether oxygens (including phenoxy) is 2. The van der Waals surface area contributed by atoms with Gasteiger partial charge in [0.05, 0.1) is 11.3 Å². The van der Waals surface area contributed by atoms with Crippen molar-refractivity contribution in [3.8, 4) is 5.75 Å². The highest BCUT2D eigenvalue weighted by Gasteiger charge is 2.49. The van der Waals surface area contributed by atoms with Crippen molar-refractivity contribution in [2.45, 2.75) is 26.5 Å². The fourth-order valence-electron chi connectivity index (χ4n) is 4.42. The first-order chi connectivity index (χ1) is 19.8. The average molecular weight is 587 g/mol. The van der Waals surface area contributed by atoms with Gasteiger partial charge in [0.15, 0.2) is 5.13 Å². The zero-order chi connectivity index (χ0) is 29.1. The number of thiazole rings is 1. The van der Waals surface area contributed by atoms with Crippen LogP contribution in [0, 0.1) is 13.8 Å². The van der Waals surface area contributed by atoms with E-state index in [1.54, 1.807) is 43.3 Å². The maximum Gasteiger partial charge on any atom is 0.350 e. The highest BCUT2D eigenvalue weighted by Crippen LogP contribution is 2.45. The number of thiophene rings is 1. The molecule has 2 aromatic heterocycles. The van der Waals surface area contributed by atoms with Gasteiger partial charge in [0.25, 0.3) is 5.78 Å². The molecular formula is C31H26N2O6S2. The molecule has 5 rings (SSSR count). The standard InChI is InChI=1S/C31H26N2O6S2/c1-4-15-38-30(37)28-19(3)32-31(41-28)33-25(23-10-7-16-40-23)24(27(35)29(33)36)26(34)20-11-13-22(14-12-20)39-17-21-9-6-5-8-18(21)2/h4-14,16,25,34H,1,15,17H2,2-3H3. The van der Waals surface area contributed by atoms with Gasteiger partial charge in [-0.2, -0.15) is 0 Å². The van der Waals surface area contributed by atoms with Crippen LogP contribution in [0.5, 0.6) is 5.75 Å². The van der Waals surface area contributed by atoms with Gasteiger partial charge in [0.1, 0.15) is 35.6 Å². The number of aliphatic hydroxyl groups is 1. The Balaban J connectivity index is 1.48. The third kappa shape index (κ3) is 5.57. The molecule has 1 saturated heterocycles. The third-order valence-electron chi connectivity index (χ3n) is 6.55. The number of rotatable bonds is 9. The zero-order valence-electron chi connectivity index (χ0n) is 22.3. The number of hydrogen-bond donors (Lipinski definition) is 1. The number of aliphatic hydroxyl groups excluding tert-OH is 1. The first-order valence-corrected chi connectivity index (χ1v) is 14.4. The quantitative estimate of drug-likeness (QED) is 0.0799. The summed E-state index contributed by atoms with van der Waals surface area (Å²) < 4.78 is 11.0. The maximum absolute atomic E-state index is 13.4. The highest BCUT2D eigenvalue weighted by molar-refractivity contribution is 7.18. The van der Waals surface area contributed by atoms with Gasteiger partial charge >= 0.3 is 11.9 Å². The number of anilines is 1. The zero-order valence-corrected chi connectivity index (χ0v) is 24.0. The number of carbonyl (C=O) groups is 3. The lowest BCUT2D eigenvalue weighted by Crippen LogP contribution is -2.29. The van der Waals surface area contributed by atoms with Crippen LogP contribution in [0.4, 0.5) is 5.13 Å². The Hall–Kier alpha value is -4.54. The van der Waals surface area contributed by atoms with Gasteiger partial charge in [0.2, 0.25) is 0 Å². The van der Waals surface area contributed by atoms with Crippen molar-refractivity contribution >= 4 is 51.2 Å². The first-order valence-electron chi connectivity index (χ1n) is 12.7.